The Bertz CT molecular complexity index is 1240. The van der Waals surface area contributed by atoms with Crippen LogP contribution < -0.4 is 5.32 Å². The normalized spacial score (nSPS) is 20.0. The number of nitrogens with one attached hydrogen (secondary N) is 1. The molecule has 0 aromatic heterocycles. The van der Waals surface area contributed by atoms with Gasteiger partial charge >= 0.3 is 0 Å². The van der Waals surface area contributed by atoms with Crippen LogP contribution in [-0.4, -0.2) is 110 Å². The van der Waals surface area contributed by atoms with Gasteiger partial charge in [-0.25, -0.2) is 0 Å². The van der Waals surface area contributed by atoms with Crippen LogP contribution in [-0.2, 0) is 14.3 Å². The van der Waals surface area contributed by atoms with E-state index in [4.69, 9.17) is 9.47 Å². The van der Waals surface area contributed by atoms with Gasteiger partial charge in [0.2, 0.25) is 5.91 Å². The molecule has 0 aromatic carbocycles. The van der Waals surface area contributed by atoms with E-state index >= 15 is 0 Å². The molecule has 0 bridgehead atoms. The quantitative estimate of drug-likeness (QED) is 0.0215. The fraction of sp³-hybridized carbons (Fsp3) is 0.919. The number of aliphatic hydroxyl groups excluding tert-OH is 7. The molecule has 1 rings (SSSR count). The molecular formula is C62H119NO10. The van der Waals surface area contributed by atoms with E-state index in [-0.39, 0.29) is 6.42 Å². The molecule has 1 aliphatic heterocycles. The lowest BCUT2D eigenvalue weighted by Gasteiger charge is -2.40. The van der Waals surface area contributed by atoms with Crippen LogP contribution in [0.5, 0.6) is 0 Å². The van der Waals surface area contributed by atoms with Gasteiger partial charge in [0.25, 0.3) is 0 Å². The predicted molar refractivity (Wildman–Crippen MR) is 302 cm³/mol. The number of hydrogen-bond donors (Lipinski definition) is 8. The number of aliphatic hydroxyl groups is 7. The number of rotatable bonds is 54. The molecule has 1 heterocycles. The fourth-order valence-corrected chi connectivity index (χ4v) is 10.2. The number of ether oxygens (including phenoxy) is 2. The van der Waals surface area contributed by atoms with Crippen LogP contribution >= 0.6 is 0 Å². The van der Waals surface area contributed by atoms with Crippen molar-refractivity contribution in [2.24, 2.45) is 0 Å². The Morgan fingerprint density at radius 2 is 0.836 bits per heavy atom. The van der Waals surface area contributed by atoms with E-state index in [9.17, 15) is 40.5 Å². The first kappa shape index (κ1) is 69.6. The van der Waals surface area contributed by atoms with Crippen LogP contribution in [0, 0.1) is 0 Å². The van der Waals surface area contributed by atoms with Crippen molar-refractivity contribution >= 4 is 5.91 Å². The fourth-order valence-electron chi connectivity index (χ4n) is 10.2. The summed E-state index contributed by atoms with van der Waals surface area (Å²) in [4.78, 5) is 13.2. The Balaban J connectivity index is 2.19. The summed E-state index contributed by atoms with van der Waals surface area (Å²) < 4.78 is 11.1. The summed E-state index contributed by atoms with van der Waals surface area (Å²) in [5.41, 5.74) is 0. The molecule has 0 aromatic rings. The standard InChI is InChI=1S/C62H119NO10/c1-3-5-7-9-11-13-15-17-19-20-21-22-23-24-25-26-27-28-29-30-31-32-33-34-35-36-38-40-42-44-46-48-50-55(66)61(71)63-53(52-72-62-60(70)59(69)58(68)56(51-64)73-62)57(67)54(65)49-47-45-43-41-39-37-18-16-14-12-10-8-6-4-2/h21-22,24-25,53-60,62,64-70H,3-20,23,26-52H2,1-2H3,(H,63,71)/b22-21-,25-24-. The van der Waals surface area contributed by atoms with E-state index in [0.717, 1.165) is 44.9 Å². The highest BCUT2D eigenvalue weighted by Gasteiger charge is 2.44. The Morgan fingerprint density at radius 1 is 0.479 bits per heavy atom. The summed E-state index contributed by atoms with van der Waals surface area (Å²) >= 11 is 0. The maximum Gasteiger partial charge on any atom is 0.249 e. The monoisotopic (exact) mass is 1040 g/mol. The van der Waals surface area contributed by atoms with E-state index in [0.29, 0.717) is 19.3 Å². The number of unbranched alkanes of at least 4 members (excludes halogenated alkanes) is 38. The third-order valence-electron chi connectivity index (χ3n) is 15.3. The van der Waals surface area contributed by atoms with Crippen LogP contribution in [0.15, 0.2) is 24.3 Å². The average Bonchev–Trinajstić information content (AvgIpc) is 3.39. The zero-order valence-electron chi connectivity index (χ0n) is 47.4. The maximum absolute atomic E-state index is 13.2. The van der Waals surface area contributed by atoms with Crippen molar-refractivity contribution in [3.63, 3.8) is 0 Å². The Labute approximate surface area is 448 Å². The van der Waals surface area contributed by atoms with Gasteiger partial charge in [0.1, 0.15) is 36.6 Å². The third kappa shape index (κ3) is 39.6. The molecule has 11 heteroatoms. The van der Waals surface area contributed by atoms with Crippen molar-refractivity contribution in [3.05, 3.63) is 24.3 Å². The van der Waals surface area contributed by atoms with Crippen molar-refractivity contribution in [1.82, 2.24) is 5.32 Å². The van der Waals surface area contributed by atoms with Gasteiger partial charge in [0.15, 0.2) is 6.29 Å². The topological polar surface area (TPSA) is 189 Å². The summed E-state index contributed by atoms with van der Waals surface area (Å²) in [5, 5.41) is 76.2. The summed E-state index contributed by atoms with van der Waals surface area (Å²) in [6.07, 6.45) is 51.1. The summed E-state index contributed by atoms with van der Waals surface area (Å²) in [6, 6.07) is -1.17. The van der Waals surface area contributed by atoms with Gasteiger partial charge in [-0.2, -0.15) is 0 Å². The Morgan fingerprint density at radius 3 is 1.22 bits per heavy atom. The van der Waals surface area contributed by atoms with Gasteiger partial charge in [-0.05, 0) is 44.9 Å². The molecule has 0 spiro atoms. The van der Waals surface area contributed by atoms with Crippen LogP contribution in [0.4, 0.5) is 0 Å². The molecule has 1 saturated heterocycles. The molecule has 0 radical (unpaired) electrons. The van der Waals surface area contributed by atoms with Gasteiger partial charge in [0, 0.05) is 0 Å². The summed E-state index contributed by atoms with van der Waals surface area (Å²) in [5.74, 6) is -0.693. The second-order valence-electron chi connectivity index (χ2n) is 22.1. The van der Waals surface area contributed by atoms with Crippen molar-refractivity contribution in [2.45, 2.75) is 351 Å². The van der Waals surface area contributed by atoms with Gasteiger partial charge in [-0.15, -0.1) is 0 Å². The van der Waals surface area contributed by atoms with Crippen molar-refractivity contribution in [1.29, 1.82) is 0 Å². The molecule has 1 aliphatic rings. The molecule has 11 nitrogen and oxygen atoms in total. The van der Waals surface area contributed by atoms with E-state index in [2.05, 4.69) is 43.5 Å². The lowest BCUT2D eigenvalue weighted by Crippen LogP contribution is -2.60. The lowest BCUT2D eigenvalue weighted by atomic mass is 9.98. The lowest BCUT2D eigenvalue weighted by molar-refractivity contribution is -0.303. The zero-order chi connectivity index (χ0) is 53.3. The van der Waals surface area contributed by atoms with Crippen LogP contribution in [0.25, 0.3) is 0 Å². The van der Waals surface area contributed by atoms with Gasteiger partial charge in [0.05, 0.1) is 25.4 Å². The average molecular weight is 1040 g/mol. The highest BCUT2D eigenvalue weighted by molar-refractivity contribution is 5.80. The van der Waals surface area contributed by atoms with Gasteiger partial charge < -0.3 is 50.5 Å². The van der Waals surface area contributed by atoms with Crippen molar-refractivity contribution in [3.8, 4) is 0 Å². The second-order valence-corrected chi connectivity index (χ2v) is 22.1. The summed E-state index contributed by atoms with van der Waals surface area (Å²) in [7, 11) is 0. The minimum Gasteiger partial charge on any atom is -0.394 e. The highest BCUT2D eigenvalue weighted by atomic mass is 16.7. The first-order chi connectivity index (χ1) is 35.7. The van der Waals surface area contributed by atoms with Crippen LogP contribution in [0.1, 0.15) is 296 Å². The van der Waals surface area contributed by atoms with Gasteiger partial charge in [-0.1, -0.05) is 276 Å². The molecule has 73 heavy (non-hydrogen) atoms. The molecule has 1 fully saturated rings. The Kier molecular flexibility index (Phi) is 49.0. The predicted octanol–water partition coefficient (Wildman–Crippen LogP) is 13.7. The zero-order valence-corrected chi connectivity index (χ0v) is 47.4. The molecule has 8 N–H and O–H groups in total. The minimum absolute atomic E-state index is 0.263. The third-order valence-corrected chi connectivity index (χ3v) is 15.3. The van der Waals surface area contributed by atoms with Crippen molar-refractivity contribution < 1.29 is 50.0 Å². The molecule has 9 unspecified atom stereocenters. The van der Waals surface area contributed by atoms with E-state index in [1.165, 1.54) is 212 Å². The summed E-state index contributed by atoms with van der Waals surface area (Å²) in [6.45, 7) is 3.48. The molecule has 9 atom stereocenters. The molecule has 0 aliphatic carbocycles. The van der Waals surface area contributed by atoms with Gasteiger partial charge in [-0.3, -0.25) is 4.79 Å². The maximum atomic E-state index is 13.2. The molecule has 1 amide bonds. The first-order valence-electron chi connectivity index (χ1n) is 31.2. The SMILES string of the molecule is CCCCCCCCCCC/C=C\C/C=C\CCCCCCCCCCCCCCCCCCC(O)C(=O)NC(COC1OC(CO)C(O)C(O)C1O)C(O)C(O)CCCCCCCCCCCCCCCC. The minimum atomic E-state index is -1.66. The second kappa shape index (κ2) is 51.4. The number of amides is 1. The van der Waals surface area contributed by atoms with E-state index in [1.54, 1.807) is 0 Å². The Hall–Kier alpha value is -1.41. The van der Waals surface area contributed by atoms with E-state index in [1.807, 2.05) is 0 Å². The molecule has 0 saturated carbocycles. The largest absolute Gasteiger partial charge is 0.394 e. The molecular weight excluding hydrogens is 919 g/mol. The van der Waals surface area contributed by atoms with Crippen LogP contribution in [0.2, 0.25) is 0 Å². The number of carbonyl (C=O) groups excluding carboxylic acids is 1. The van der Waals surface area contributed by atoms with Crippen molar-refractivity contribution in [2.75, 3.05) is 13.2 Å². The number of allylic oxidation sites excluding steroid dienone is 4. The van der Waals surface area contributed by atoms with Crippen LogP contribution in [0.3, 0.4) is 0 Å². The first-order valence-corrected chi connectivity index (χ1v) is 31.2. The number of hydrogen-bond acceptors (Lipinski definition) is 10. The smallest absolute Gasteiger partial charge is 0.249 e. The highest BCUT2D eigenvalue weighted by Crippen LogP contribution is 2.24. The molecule has 432 valence electrons. The number of carbonyl (C=O) groups is 1. The van der Waals surface area contributed by atoms with E-state index < -0.39 is 74.2 Å².